The summed E-state index contributed by atoms with van der Waals surface area (Å²) in [6, 6.07) is 11.2. The largest absolute Gasteiger partial charge is 0.322 e. The van der Waals surface area contributed by atoms with Crippen LogP contribution in [0, 0.1) is 5.82 Å². The van der Waals surface area contributed by atoms with Gasteiger partial charge in [-0.05, 0) is 42.8 Å². The highest BCUT2D eigenvalue weighted by Gasteiger charge is 2.22. The summed E-state index contributed by atoms with van der Waals surface area (Å²) in [5, 5.41) is 2.67. The zero-order chi connectivity index (χ0) is 16.4. The predicted molar refractivity (Wildman–Crippen MR) is 90.1 cm³/mol. The van der Waals surface area contributed by atoms with Gasteiger partial charge < -0.3 is 10.2 Å². The van der Waals surface area contributed by atoms with E-state index in [2.05, 4.69) is 21.2 Å². The molecule has 3 rings (SSSR count). The highest BCUT2D eigenvalue weighted by Crippen LogP contribution is 2.25. The van der Waals surface area contributed by atoms with E-state index in [9.17, 15) is 14.0 Å². The fourth-order valence-corrected chi connectivity index (χ4v) is 2.90. The van der Waals surface area contributed by atoms with Crippen LogP contribution >= 0.6 is 15.9 Å². The molecule has 0 radical (unpaired) electrons. The zero-order valence-electron chi connectivity index (χ0n) is 12.2. The van der Waals surface area contributed by atoms with Gasteiger partial charge in [0.05, 0.1) is 5.56 Å². The van der Waals surface area contributed by atoms with Crippen LogP contribution in [-0.4, -0.2) is 18.4 Å². The molecule has 23 heavy (non-hydrogen) atoms. The van der Waals surface area contributed by atoms with Crippen LogP contribution in [0.15, 0.2) is 46.9 Å². The van der Waals surface area contributed by atoms with Crippen molar-refractivity contribution in [1.82, 2.24) is 0 Å². The smallest absolute Gasteiger partial charge is 0.258 e. The maximum Gasteiger partial charge on any atom is 0.258 e. The molecule has 1 fully saturated rings. The summed E-state index contributed by atoms with van der Waals surface area (Å²) >= 11 is 3.22. The Balaban J connectivity index is 1.81. The lowest BCUT2D eigenvalue weighted by atomic mass is 10.2. The number of carbonyl (C=O) groups is 2. The second kappa shape index (κ2) is 6.50. The van der Waals surface area contributed by atoms with Crippen LogP contribution in [-0.2, 0) is 4.79 Å². The normalized spacial score (nSPS) is 14.2. The lowest BCUT2D eigenvalue weighted by molar-refractivity contribution is -0.117. The molecule has 0 aliphatic carbocycles. The Hall–Kier alpha value is -2.21. The standard InChI is InChI=1S/C17H14BrFN2O2/c18-11-6-7-15(19)14(9-11)17(23)20-12-3-1-4-13(10-12)21-8-2-5-16(21)22/h1,3-4,6-7,9-10H,2,5,8H2,(H,20,23). The fraction of sp³-hybridized carbons (Fsp3) is 0.176. The van der Waals surface area contributed by atoms with Crippen molar-refractivity contribution in [3.8, 4) is 0 Å². The summed E-state index contributed by atoms with van der Waals surface area (Å²) < 4.78 is 14.4. The minimum Gasteiger partial charge on any atom is -0.322 e. The van der Waals surface area contributed by atoms with E-state index >= 15 is 0 Å². The van der Waals surface area contributed by atoms with Gasteiger partial charge in [0.25, 0.3) is 5.91 Å². The van der Waals surface area contributed by atoms with Gasteiger partial charge >= 0.3 is 0 Å². The number of rotatable bonds is 3. The van der Waals surface area contributed by atoms with Crippen molar-refractivity contribution >= 4 is 39.1 Å². The van der Waals surface area contributed by atoms with Gasteiger partial charge in [-0.15, -0.1) is 0 Å². The van der Waals surface area contributed by atoms with Crippen molar-refractivity contribution in [3.63, 3.8) is 0 Å². The van der Waals surface area contributed by atoms with Gasteiger partial charge in [0, 0.05) is 28.8 Å². The van der Waals surface area contributed by atoms with Gasteiger partial charge in [0.1, 0.15) is 5.82 Å². The van der Waals surface area contributed by atoms with E-state index in [0.717, 1.165) is 12.1 Å². The molecule has 1 saturated heterocycles. The van der Waals surface area contributed by atoms with Gasteiger partial charge in [-0.25, -0.2) is 4.39 Å². The average Bonchev–Trinajstić information content (AvgIpc) is 2.96. The first-order chi connectivity index (χ1) is 11.0. The molecule has 1 aliphatic rings. The number of hydrogen-bond donors (Lipinski definition) is 1. The average molecular weight is 377 g/mol. The van der Waals surface area contributed by atoms with E-state index in [0.29, 0.717) is 23.1 Å². The highest BCUT2D eigenvalue weighted by atomic mass is 79.9. The molecule has 0 saturated carbocycles. The molecular formula is C17H14BrFN2O2. The van der Waals surface area contributed by atoms with E-state index in [1.54, 1.807) is 23.1 Å². The van der Waals surface area contributed by atoms with Crippen LogP contribution in [0.4, 0.5) is 15.8 Å². The van der Waals surface area contributed by atoms with Crippen LogP contribution in [0.25, 0.3) is 0 Å². The van der Waals surface area contributed by atoms with Crippen LogP contribution in [0.3, 0.4) is 0 Å². The maximum atomic E-state index is 13.8. The number of halogens is 2. The molecular weight excluding hydrogens is 363 g/mol. The van der Waals surface area contributed by atoms with Gasteiger partial charge in [-0.1, -0.05) is 22.0 Å². The molecule has 2 amide bonds. The van der Waals surface area contributed by atoms with E-state index in [-0.39, 0.29) is 11.5 Å². The summed E-state index contributed by atoms with van der Waals surface area (Å²) in [6.07, 6.45) is 1.37. The van der Waals surface area contributed by atoms with Crippen molar-refractivity contribution in [3.05, 3.63) is 58.3 Å². The Morgan fingerprint density at radius 3 is 2.78 bits per heavy atom. The summed E-state index contributed by atoms with van der Waals surface area (Å²) in [5.41, 5.74) is 1.22. The van der Waals surface area contributed by atoms with Gasteiger partial charge in [0.15, 0.2) is 0 Å². The van der Waals surface area contributed by atoms with Crippen molar-refractivity contribution in [2.45, 2.75) is 12.8 Å². The lowest BCUT2D eigenvalue weighted by Gasteiger charge is -2.16. The predicted octanol–water partition coefficient (Wildman–Crippen LogP) is 3.97. The summed E-state index contributed by atoms with van der Waals surface area (Å²) in [7, 11) is 0. The molecule has 1 aliphatic heterocycles. The topological polar surface area (TPSA) is 49.4 Å². The molecule has 4 nitrogen and oxygen atoms in total. The van der Waals surface area contributed by atoms with Crippen molar-refractivity contribution in [1.29, 1.82) is 0 Å². The zero-order valence-corrected chi connectivity index (χ0v) is 13.8. The first kappa shape index (κ1) is 15.7. The van der Waals surface area contributed by atoms with Crippen molar-refractivity contribution in [2.75, 3.05) is 16.8 Å². The second-order valence-corrected chi connectivity index (χ2v) is 6.19. The first-order valence-electron chi connectivity index (χ1n) is 7.21. The molecule has 2 aromatic rings. The molecule has 1 heterocycles. The Morgan fingerprint density at radius 2 is 2.04 bits per heavy atom. The van der Waals surface area contributed by atoms with Gasteiger partial charge in [0.2, 0.25) is 5.91 Å². The summed E-state index contributed by atoms with van der Waals surface area (Å²) in [6.45, 7) is 0.677. The monoisotopic (exact) mass is 376 g/mol. The maximum absolute atomic E-state index is 13.8. The van der Waals surface area contributed by atoms with E-state index in [1.165, 1.54) is 18.2 Å². The van der Waals surface area contributed by atoms with E-state index in [4.69, 9.17) is 0 Å². The lowest BCUT2D eigenvalue weighted by Crippen LogP contribution is -2.23. The third-order valence-electron chi connectivity index (χ3n) is 3.66. The molecule has 2 aromatic carbocycles. The summed E-state index contributed by atoms with van der Waals surface area (Å²) in [4.78, 5) is 25.7. The van der Waals surface area contributed by atoms with Crippen LogP contribution in [0.5, 0.6) is 0 Å². The molecule has 0 unspecified atom stereocenters. The third-order valence-corrected chi connectivity index (χ3v) is 4.16. The van der Waals surface area contributed by atoms with Gasteiger partial charge in [-0.3, -0.25) is 9.59 Å². The number of nitrogens with zero attached hydrogens (tertiary/aromatic N) is 1. The van der Waals surface area contributed by atoms with Crippen LogP contribution < -0.4 is 10.2 Å². The number of carbonyl (C=O) groups excluding carboxylic acids is 2. The van der Waals surface area contributed by atoms with Crippen LogP contribution in [0.1, 0.15) is 23.2 Å². The Kier molecular flexibility index (Phi) is 4.43. The second-order valence-electron chi connectivity index (χ2n) is 5.28. The molecule has 0 spiro atoms. The Bertz CT molecular complexity index is 779. The SMILES string of the molecule is O=C(Nc1cccc(N2CCCC2=O)c1)c1cc(Br)ccc1F. The van der Waals surface area contributed by atoms with Crippen LogP contribution in [0.2, 0.25) is 0 Å². The molecule has 0 atom stereocenters. The minimum absolute atomic E-state index is 0.0398. The Morgan fingerprint density at radius 1 is 1.22 bits per heavy atom. The molecule has 1 N–H and O–H groups in total. The molecule has 0 bridgehead atoms. The first-order valence-corrected chi connectivity index (χ1v) is 8.01. The molecule has 0 aromatic heterocycles. The minimum atomic E-state index is -0.587. The quantitative estimate of drug-likeness (QED) is 0.880. The number of nitrogens with one attached hydrogen (secondary N) is 1. The third kappa shape index (κ3) is 3.42. The van der Waals surface area contributed by atoms with E-state index < -0.39 is 11.7 Å². The van der Waals surface area contributed by atoms with Crippen molar-refractivity contribution in [2.24, 2.45) is 0 Å². The number of hydrogen-bond acceptors (Lipinski definition) is 2. The number of amides is 2. The van der Waals surface area contributed by atoms with Gasteiger partial charge in [-0.2, -0.15) is 0 Å². The number of anilines is 2. The molecule has 6 heteroatoms. The highest BCUT2D eigenvalue weighted by molar-refractivity contribution is 9.10. The Labute approximate surface area is 141 Å². The number of benzene rings is 2. The molecule has 118 valence electrons. The summed E-state index contributed by atoms with van der Waals surface area (Å²) in [5.74, 6) is -1.04. The van der Waals surface area contributed by atoms with Crippen molar-refractivity contribution < 1.29 is 14.0 Å². The fourth-order valence-electron chi connectivity index (χ4n) is 2.54. The van der Waals surface area contributed by atoms with E-state index in [1.807, 2.05) is 6.07 Å².